The van der Waals surface area contributed by atoms with Crippen molar-refractivity contribution in [1.29, 1.82) is 0 Å². The van der Waals surface area contributed by atoms with Crippen molar-refractivity contribution in [3.63, 3.8) is 0 Å². The maximum atomic E-state index is 13.8. The molecule has 5 bridgehead atoms. The topological polar surface area (TPSA) is 148 Å². The lowest BCUT2D eigenvalue weighted by atomic mass is 9.80. The van der Waals surface area contributed by atoms with Crippen LogP contribution in [0.15, 0.2) is 36.4 Å². The molecule has 1 aromatic heterocycles. The molecule has 44 heavy (non-hydrogen) atoms. The number of cyclic esters (lactones) is 1. The number of nitrogens with zero attached hydrogens (tertiary/aromatic N) is 2. The van der Waals surface area contributed by atoms with Gasteiger partial charge in [0.2, 0.25) is 5.91 Å². The molecular formula is C32H39N5O7. The van der Waals surface area contributed by atoms with Crippen LogP contribution in [0, 0.1) is 11.3 Å². The first-order valence-electron chi connectivity index (χ1n) is 15.4. The first kappa shape index (κ1) is 30.2. The Hall–Kier alpha value is -3.87. The standard InChI is InChI=1S/C32H39N5O7/c1-19-24-11-10-22-9-8-21(15-26(22)35-24)12-13-32(16-42-18-43-17-32)31(41)44-27(23-5-3-6-23)29(39)34-20(2)30(40)37-14-4-7-25(36-37)28(38)33-19/h8-13,15,19-20,23,25,27,36H,3-7,14,16-18H2,1-2H3,(H,33,38)(H,34,39)/t19-,20+,25+,27+/m1/s1. The highest BCUT2D eigenvalue weighted by Gasteiger charge is 2.45. The van der Waals surface area contributed by atoms with Crippen LogP contribution in [0.5, 0.6) is 0 Å². The molecular weight excluding hydrogens is 566 g/mol. The Morgan fingerprint density at radius 3 is 2.41 bits per heavy atom. The minimum atomic E-state index is -1.27. The van der Waals surface area contributed by atoms with E-state index in [-0.39, 0.29) is 43.8 Å². The zero-order chi connectivity index (χ0) is 30.8. The van der Waals surface area contributed by atoms with Gasteiger partial charge in [-0.3, -0.25) is 29.2 Å². The highest BCUT2D eigenvalue weighted by Crippen LogP contribution is 2.35. The largest absolute Gasteiger partial charge is 0.451 e. The van der Waals surface area contributed by atoms with Crippen LogP contribution in [-0.4, -0.2) is 78.4 Å². The molecule has 1 saturated carbocycles. The zero-order valence-electron chi connectivity index (χ0n) is 25.0. The molecule has 3 amide bonds. The van der Waals surface area contributed by atoms with Gasteiger partial charge < -0.3 is 24.8 Å². The van der Waals surface area contributed by atoms with Crippen molar-refractivity contribution in [3.05, 3.63) is 47.7 Å². The van der Waals surface area contributed by atoms with Crippen molar-refractivity contribution < 1.29 is 33.4 Å². The van der Waals surface area contributed by atoms with E-state index >= 15 is 0 Å². The lowest BCUT2D eigenvalue weighted by Crippen LogP contribution is -2.61. The number of nitrogens with one attached hydrogen (secondary N) is 3. The molecule has 3 aliphatic heterocycles. The number of amides is 3. The van der Waals surface area contributed by atoms with Crippen LogP contribution in [0.25, 0.3) is 17.0 Å². The molecule has 1 spiro atoms. The van der Waals surface area contributed by atoms with Crippen LogP contribution in [0.3, 0.4) is 0 Å². The number of esters is 1. The van der Waals surface area contributed by atoms with E-state index < -0.39 is 35.5 Å². The Labute approximate surface area is 255 Å². The minimum Gasteiger partial charge on any atom is -0.451 e. The van der Waals surface area contributed by atoms with Gasteiger partial charge in [-0.1, -0.05) is 36.8 Å². The average molecular weight is 606 g/mol. The summed E-state index contributed by atoms with van der Waals surface area (Å²) in [4.78, 5) is 58.8. The Morgan fingerprint density at radius 2 is 1.66 bits per heavy atom. The third kappa shape index (κ3) is 6.19. The van der Waals surface area contributed by atoms with E-state index in [1.54, 1.807) is 19.1 Å². The number of fused-ring (bicyclic) bond motifs is 4. The van der Waals surface area contributed by atoms with Crippen molar-refractivity contribution in [3.8, 4) is 0 Å². The fraction of sp³-hybridized carbons (Fsp3) is 0.531. The molecule has 4 heterocycles. The van der Waals surface area contributed by atoms with Gasteiger partial charge in [0.15, 0.2) is 6.10 Å². The van der Waals surface area contributed by atoms with E-state index in [1.807, 2.05) is 37.3 Å². The lowest BCUT2D eigenvalue weighted by molar-refractivity contribution is -0.194. The second kappa shape index (κ2) is 12.6. The quantitative estimate of drug-likeness (QED) is 0.416. The van der Waals surface area contributed by atoms with Crippen LogP contribution in [0.2, 0.25) is 0 Å². The Kier molecular flexibility index (Phi) is 8.66. The number of benzene rings is 1. The molecule has 4 aliphatic rings. The van der Waals surface area contributed by atoms with E-state index in [9.17, 15) is 19.2 Å². The number of carbonyl (C=O) groups excluding carboxylic acids is 4. The van der Waals surface area contributed by atoms with Crippen molar-refractivity contribution >= 4 is 40.7 Å². The molecule has 2 aromatic rings. The van der Waals surface area contributed by atoms with Gasteiger partial charge >= 0.3 is 5.97 Å². The smallest absolute Gasteiger partial charge is 0.321 e. The predicted molar refractivity (Wildman–Crippen MR) is 159 cm³/mol. The highest BCUT2D eigenvalue weighted by atomic mass is 16.7. The van der Waals surface area contributed by atoms with Gasteiger partial charge in [0.1, 0.15) is 24.3 Å². The summed E-state index contributed by atoms with van der Waals surface area (Å²) in [6.45, 7) is 3.97. The van der Waals surface area contributed by atoms with Gasteiger partial charge in [-0.2, -0.15) is 0 Å². The van der Waals surface area contributed by atoms with E-state index in [1.165, 1.54) is 5.01 Å². The molecule has 1 aromatic carbocycles. The maximum Gasteiger partial charge on any atom is 0.321 e. The molecule has 3 N–H and O–H groups in total. The molecule has 1 aliphatic carbocycles. The van der Waals surface area contributed by atoms with Gasteiger partial charge in [-0.05, 0) is 57.2 Å². The van der Waals surface area contributed by atoms with E-state index in [0.29, 0.717) is 25.1 Å². The molecule has 12 heteroatoms. The SMILES string of the molecule is C[C@@H]1NC(=O)[C@H](C2CCC2)OC(=O)C2(C=Cc3ccc4ccc(nc4c3)[C@@H](C)NC(=O)[C@@H]3CCCN(N3)C1=O)COCOC2. The van der Waals surface area contributed by atoms with Crippen LogP contribution < -0.4 is 16.1 Å². The lowest BCUT2D eigenvalue weighted by Gasteiger charge is -2.38. The minimum absolute atomic E-state index is 0.0330. The van der Waals surface area contributed by atoms with Gasteiger partial charge in [0.05, 0.1) is 30.5 Å². The van der Waals surface area contributed by atoms with Gasteiger partial charge in [-0.15, -0.1) is 0 Å². The third-order valence-electron chi connectivity index (χ3n) is 9.00. The second-order valence-corrected chi connectivity index (χ2v) is 12.3. The summed E-state index contributed by atoms with van der Waals surface area (Å²) in [6.07, 6.45) is 6.02. The first-order valence-corrected chi connectivity index (χ1v) is 15.4. The summed E-state index contributed by atoms with van der Waals surface area (Å²) < 4.78 is 17.1. The molecule has 2 saturated heterocycles. The number of aromatic nitrogens is 1. The molecule has 0 unspecified atom stereocenters. The summed E-state index contributed by atoms with van der Waals surface area (Å²) in [5, 5.41) is 8.11. The van der Waals surface area contributed by atoms with Crippen molar-refractivity contribution in [2.24, 2.45) is 11.3 Å². The van der Waals surface area contributed by atoms with Crippen molar-refractivity contribution in [2.45, 2.75) is 70.2 Å². The second-order valence-electron chi connectivity index (χ2n) is 12.3. The third-order valence-corrected chi connectivity index (χ3v) is 9.00. The zero-order valence-corrected chi connectivity index (χ0v) is 25.0. The summed E-state index contributed by atoms with van der Waals surface area (Å²) in [7, 11) is 0. The summed E-state index contributed by atoms with van der Waals surface area (Å²) in [5.74, 6) is -1.92. The Morgan fingerprint density at radius 1 is 0.909 bits per heavy atom. The molecule has 4 atom stereocenters. The number of hydrazine groups is 1. The molecule has 6 rings (SSSR count). The molecule has 3 fully saturated rings. The van der Waals surface area contributed by atoms with E-state index in [4.69, 9.17) is 19.2 Å². The van der Waals surface area contributed by atoms with Crippen molar-refractivity contribution in [2.75, 3.05) is 26.6 Å². The Balaban J connectivity index is 1.36. The fourth-order valence-electron chi connectivity index (χ4n) is 6.03. The van der Waals surface area contributed by atoms with E-state index in [2.05, 4.69) is 16.1 Å². The fourth-order valence-corrected chi connectivity index (χ4v) is 6.03. The summed E-state index contributed by atoms with van der Waals surface area (Å²) in [6, 6.07) is 7.70. The van der Waals surface area contributed by atoms with Gasteiger partial charge in [0, 0.05) is 17.8 Å². The monoisotopic (exact) mass is 605 g/mol. The predicted octanol–water partition coefficient (Wildman–Crippen LogP) is 2.14. The number of ether oxygens (including phenoxy) is 3. The summed E-state index contributed by atoms with van der Waals surface area (Å²) >= 11 is 0. The first-order chi connectivity index (χ1) is 21.2. The summed E-state index contributed by atoms with van der Waals surface area (Å²) in [5.41, 5.74) is 3.99. The molecule has 12 nitrogen and oxygen atoms in total. The molecule has 0 radical (unpaired) electrons. The van der Waals surface area contributed by atoms with Crippen LogP contribution in [0.4, 0.5) is 0 Å². The van der Waals surface area contributed by atoms with Crippen LogP contribution in [-0.2, 0) is 33.4 Å². The highest BCUT2D eigenvalue weighted by molar-refractivity contribution is 5.92. The maximum absolute atomic E-state index is 13.8. The number of pyridine rings is 1. The Bertz CT molecular complexity index is 1470. The van der Waals surface area contributed by atoms with Gasteiger partial charge in [0.25, 0.3) is 11.8 Å². The number of hydrogen-bond donors (Lipinski definition) is 3. The van der Waals surface area contributed by atoms with E-state index in [0.717, 1.165) is 35.7 Å². The van der Waals surface area contributed by atoms with Crippen molar-refractivity contribution in [1.82, 2.24) is 26.1 Å². The van der Waals surface area contributed by atoms with Crippen LogP contribution in [0.1, 0.15) is 63.3 Å². The molecule has 234 valence electrons. The average Bonchev–Trinajstić information content (AvgIpc) is 3.01. The normalized spacial score (nSPS) is 28.7. The number of hydrogen-bond acceptors (Lipinski definition) is 9. The van der Waals surface area contributed by atoms with Crippen LogP contribution >= 0.6 is 0 Å². The van der Waals surface area contributed by atoms with Gasteiger partial charge in [-0.25, -0.2) is 5.43 Å². The number of carbonyl (C=O) groups is 4. The number of rotatable bonds is 1.